The van der Waals surface area contributed by atoms with Crippen molar-refractivity contribution in [3.8, 4) is 0 Å². The molecule has 1 heteroatoms. The second-order valence-corrected chi connectivity index (χ2v) is 5.17. The van der Waals surface area contributed by atoms with Gasteiger partial charge in [-0.2, -0.15) is 0 Å². The molecular weight excluding hydrogens is 206 g/mol. The summed E-state index contributed by atoms with van der Waals surface area (Å²) in [5, 5.41) is 0. The number of nitrogens with two attached hydrogens (primary N) is 1. The average Bonchev–Trinajstić information content (AvgIpc) is 2.31. The summed E-state index contributed by atoms with van der Waals surface area (Å²) in [4.78, 5) is 0. The molecule has 0 heterocycles. The predicted molar refractivity (Wildman–Crippen MR) is 76.0 cm³/mol. The summed E-state index contributed by atoms with van der Waals surface area (Å²) in [6.07, 6.45) is 4.90. The molecule has 0 spiro atoms. The van der Waals surface area contributed by atoms with Gasteiger partial charge in [0.2, 0.25) is 0 Å². The molecule has 17 heavy (non-hydrogen) atoms. The van der Waals surface area contributed by atoms with Gasteiger partial charge in [0.05, 0.1) is 0 Å². The first-order valence-corrected chi connectivity index (χ1v) is 6.98. The van der Waals surface area contributed by atoms with Crippen LogP contribution < -0.4 is 5.73 Å². The van der Waals surface area contributed by atoms with Crippen molar-refractivity contribution in [3.05, 3.63) is 35.9 Å². The lowest BCUT2D eigenvalue weighted by Gasteiger charge is -2.29. The lowest BCUT2D eigenvalue weighted by Crippen LogP contribution is -2.33. The Morgan fingerprint density at radius 2 is 1.76 bits per heavy atom. The van der Waals surface area contributed by atoms with Gasteiger partial charge in [-0.1, -0.05) is 63.4 Å². The van der Waals surface area contributed by atoms with E-state index >= 15 is 0 Å². The summed E-state index contributed by atoms with van der Waals surface area (Å²) in [5.74, 6) is 1.38. The van der Waals surface area contributed by atoms with Crippen LogP contribution in [0.5, 0.6) is 0 Å². The molecule has 3 unspecified atom stereocenters. The largest absolute Gasteiger partial charge is 0.328 e. The van der Waals surface area contributed by atoms with Crippen LogP contribution in [0.4, 0.5) is 0 Å². The van der Waals surface area contributed by atoms with Crippen molar-refractivity contribution in [2.45, 2.75) is 52.5 Å². The van der Waals surface area contributed by atoms with Gasteiger partial charge in [0.15, 0.2) is 0 Å². The van der Waals surface area contributed by atoms with E-state index in [1.54, 1.807) is 0 Å². The van der Waals surface area contributed by atoms with Crippen molar-refractivity contribution < 1.29 is 0 Å². The van der Waals surface area contributed by atoms with E-state index in [4.69, 9.17) is 5.73 Å². The van der Waals surface area contributed by atoms with E-state index in [0.29, 0.717) is 12.0 Å². The van der Waals surface area contributed by atoms with Gasteiger partial charge in [-0.15, -0.1) is 0 Å². The molecule has 0 radical (unpaired) electrons. The molecule has 0 aliphatic heterocycles. The quantitative estimate of drug-likeness (QED) is 0.756. The highest BCUT2D eigenvalue weighted by Gasteiger charge is 2.22. The second kappa shape index (κ2) is 7.50. The third kappa shape index (κ3) is 4.51. The molecule has 96 valence electrons. The van der Waals surface area contributed by atoms with Gasteiger partial charge in [0, 0.05) is 6.04 Å². The molecule has 1 nitrogen and oxygen atoms in total. The Bertz CT molecular complexity index is 292. The van der Waals surface area contributed by atoms with Gasteiger partial charge in [0.25, 0.3) is 0 Å². The van der Waals surface area contributed by atoms with Gasteiger partial charge in [-0.05, 0) is 30.7 Å². The average molecular weight is 233 g/mol. The number of hydrogen-bond donors (Lipinski definition) is 1. The lowest BCUT2D eigenvalue weighted by molar-refractivity contribution is 0.262. The summed E-state index contributed by atoms with van der Waals surface area (Å²) in [7, 11) is 0. The highest BCUT2D eigenvalue weighted by Crippen LogP contribution is 2.27. The molecule has 0 aliphatic rings. The van der Waals surface area contributed by atoms with Crippen molar-refractivity contribution in [2.75, 3.05) is 0 Å². The lowest BCUT2D eigenvalue weighted by atomic mass is 9.79. The zero-order valence-corrected chi connectivity index (χ0v) is 11.5. The van der Waals surface area contributed by atoms with Crippen LogP contribution in [0.2, 0.25) is 0 Å². The van der Waals surface area contributed by atoms with E-state index in [2.05, 4.69) is 51.1 Å². The Balaban J connectivity index is 2.71. The molecule has 0 amide bonds. The minimum Gasteiger partial charge on any atom is -0.328 e. The third-order valence-corrected chi connectivity index (χ3v) is 3.75. The van der Waals surface area contributed by atoms with Gasteiger partial charge < -0.3 is 5.73 Å². The van der Waals surface area contributed by atoms with Crippen molar-refractivity contribution in [1.82, 2.24) is 0 Å². The van der Waals surface area contributed by atoms with E-state index < -0.39 is 0 Å². The molecule has 2 N–H and O–H groups in total. The Kier molecular flexibility index (Phi) is 6.28. The number of rotatable bonds is 7. The van der Waals surface area contributed by atoms with E-state index in [1.165, 1.54) is 31.2 Å². The van der Waals surface area contributed by atoms with Gasteiger partial charge in [-0.3, -0.25) is 0 Å². The van der Waals surface area contributed by atoms with Crippen molar-refractivity contribution >= 4 is 0 Å². The van der Waals surface area contributed by atoms with Crippen LogP contribution in [0.1, 0.15) is 45.6 Å². The van der Waals surface area contributed by atoms with Crippen molar-refractivity contribution in [2.24, 2.45) is 17.6 Å². The Labute approximate surface area is 106 Å². The predicted octanol–water partition coefficient (Wildman–Crippen LogP) is 4.02. The summed E-state index contributed by atoms with van der Waals surface area (Å²) >= 11 is 0. The molecule has 0 saturated carbocycles. The molecule has 1 aromatic rings. The normalized spacial score (nSPS) is 16.5. The number of benzene rings is 1. The third-order valence-electron chi connectivity index (χ3n) is 3.75. The first kappa shape index (κ1) is 14.2. The minimum atomic E-state index is 0.306. The Hall–Kier alpha value is -0.820. The van der Waals surface area contributed by atoms with Gasteiger partial charge in [-0.25, -0.2) is 0 Å². The molecule has 1 rings (SSSR count). The topological polar surface area (TPSA) is 26.0 Å². The van der Waals surface area contributed by atoms with Gasteiger partial charge >= 0.3 is 0 Å². The molecule has 0 aromatic heterocycles. The fourth-order valence-corrected chi connectivity index (χ4v) is 2.89. The number of hydrogen-bond acceptors (Lipinski definition) is 1. The van der Waals surface area contributed by atoms with Gasteiger partial charge in [0.1, 0.15) is 0 Å². The van der Waals surface area contributed by atoms with E-state index in [-0.39, 0.29) is 0 Å². The summed E-state index contributed by atoms with van der Waals surface area (Å²) in [6.45, 7) is 6.69. The highest BCUT2D eigenvalue weighted by molar-refractivity contribution is 5.15. The Morgan fingerprint density at radius 3 is 2.24 bits per heavy atom. The van der Waals surface area contributed by atoms with Crippen LogP contribution in [0.15, 0.2) is 30.3 Å². The zero-order chi connectivity index (χ0) is 12.7. The van der Waals surface area contributed by atoms with Crippen LogP contribution in [0.3, 0.4) is 0 Å². The first-order valence-electron chi connectivity index (χ1n) is 6.98. The fourth-order valence-electron chi connectivity index (χ4n) is 2.89. The van der Waals surface area contributed by atoms with E-state index in [1.807, 2.05) is 0 Å². The van der Waals surface area contributed by atoms with Crippen molar-refractivity contribution in [3.63, 3.8) is 0 Å². The molecule has 0 saturated heterocycles. The first-order chi connectivity index (χ1) is 8.19. The second-order valence-electron chi connectivity index (χ2n) is 5.17. The minimum absolute atomic E-state index is 0.306. The maximum Gasteiger partial charge on any atom is 0.00414 e. The maximum atomic E-state index is 6.13. The summed E-state index contributed by atoms with van der Waals surface area (Å²) in [5.41, 5.74) is 7.58. The standard InChI is InChI=1S/C16H27N/c1-4-9-15(16(5-2)13(3)17)12-14-10-7-6-8-11-14/h6-8,10-11,13,15-16H,4-5,9,12,17H2,1-3H3. The van der Waals surface area contributed by atoms with Crippen LogP contribution in [-0.4, -0.2) is 6.04 Å². The fraction of sp³-hybridized carbons (Fsp3) is 0.625. The SMILES string of the molecule is CCCC(Cc1ccccc1)C(CC)C(C)N. The van der Waals surface area contributed by atoms with Crippen LogP contribution in [0.25, 0.3) is 0 Å². The monoisotopic (exact) mass is 233 g/mol. The summed E-state index contributed by atoms with van der Waals surface area (Å²) in [6, 6.07) is 11.1. The highest BCUT2D eigenvalue weighted by atomic mass is 14.6. The molecular formula is C16H27N. The molecule has 1 aromatic carbocycles. The van der Waals surface area contributed by atoms with Crippen molar-refractivity contribution in [1.29, 1.82) is 0 Å². The maximum absolute atomic E-state index is 6.13. The van der Waals surface area contributed by atoms with Crippen LogP contribution in [0, 0.1) is 11.8 Å². The molecule has 3 atom stereocenters. The molecule has 0 aliphatic carbocycles. The zero-order valence-electron chi connectivity index (χ0n) is 11.5. The Morgan fingerprint density at radius 1 is 1.12 bits per heavy atom. The molecule has 0 fully saturated rings. The van der Waals surface area contributed by atoms with Crippen LogP contribution in [-0.2, 0) is 6.42 Å². The van der Waals surface area contributed by atoms with E-state index in [0.717, 1.165) is 5.92 Å². The molecule has 0 bridgehead atoms. The van der Waals surface area contributed by atoms with E-state index in [9.17, 15) is 0 Å². The summed E-state index contributed by atoms with van der Waals surface area (Å²) < 4.78 is 0. The van der Waals surface area contributed by atoms with Crippen LogP contribution >= 0.6 is 0 Å². The smallest absolute Gasteiger partial charge is 0.00414 e.